The Morgan fingerprint density at radius 3 is 2.68 bits per heavy atom. The number of nitrogens with one attached hydrogen (secondary N) is 1. The smallest absolute Gasteiger partial charge is 0.268 e. The first kappa shape index (κ1) is 13.8. The van der Waals surface area contributed by atoms with Crippen LogP contribution in [-0.2, 0) is 16.0 Å². The van der Waals surface area contributed by atoms with Gasteiger partial charge in [0.15, 0.2) is 6.10 Å². The topological polar surface area (TPSA) is 47.6 Å². The second-order valence-corrected chi connectivity index (χ2v) is 4.80. The molecule has 1 fully saturated rings. The zero-order valence-corrected chi connectivity index (χ0v) is 11.7. The van der Waals surface area contributed by atoms with Crippen LogP contribution in [0.4, 0.5) is 0 Å². The third kappa shape index (κ3) is 3.92. The Balaban J connectivity index is 1.88. The van der Waals surface area contributed by atoms with Crippen molar-refractivity contribution in [2.45, 2.75) is 32.3 Å². The average molecular weight is 279 g/mol. The van der Waals surface area contributed by atoms with E-state index >= 15 is 0 Å². The highest BCUT2D eigenvalue weighted by molar-refractivity contribution is 7.80. The van der Waals surface area contributed by atoms with Crippen LogP contribution in [0.2, 0.25) is 0 Å². The van der Waals surface area contributed by atoms with Crippen LogP contribution in [0.1, 0.15) is 25.3 Å². The third-order valence-corrected chi connectivity index (χ3v) is 3.08. The van der Waals surface area contributed by atoms with E-state index < -0.39 is 6.10 Å². The van der Waals surface area contributed by atoms with Gasteiger partial charge >= 0.3 is 0 Å². The Kier molecular flexibility index (Phi) is 4.74. The van der Waals surface area contributed by atoms with Crippen molar-refractivity contribution in [1.82, 2.24) is 5.32 Å². The maximum Gasteiger partial charge on any atom is 0.268 e. The van der Waals surface area contributed by atoms with Crippen molar-refractivity contribution in [1.29, 1.82) is 0 Å². The first-order valence-electron chi connectivity index (χ1n) is 6.42. The summed E-state index contributed by atoms with van der Waals surface area (Å²) in [5.74, 6) is 0.679. The predicted molar refractivity (Wildman–Crippen MR) is 76.2 cm³/mol. The van der Waals surface area contributed by atoms with E-state index in [9.17, 15) is 4.79 Å². The van der Waals surface area contributed by atoms with Gasteiger partial charge in [-0.05, 0) is 36.3 Å². The van der Waals surface area contributed by atoms with Gasteiger partial charge in [0.25, 0.3) is 11.1 Å². The van der Waals surface area contributed by atoms with Gasteiger partial charge in [-0.3, -0.25) is 10.1 Å². The van der Waals surface area contributed by atoms with Gasteiger partial charge in [0.2, 0.25) is 0 Å². The van der Waals surface area contributed by atoms with Gasteiger partial charge in [-0.2, -0.15) is 0 Å². The van der Waals surface area contributed by atoms with Crippen LogP contribution < -0.4 is 10.1 Å². The SMILES string of the molecule is CCCCOc1ccc(CC2OC(=S)NC2=O)cc1. The number of unbranched alkanes of at least 4 members (excludes halogenated alkanes) is 1. The Morgan fingerprint density at radius 2 is 2.11 bits per heavy atom. The van der Waals surface area contributed by atoms with E-state index in [4.69, 9.17) is 21.7 Å². The molecule has 102 valence electrons. The zero-order chi connectivity index (χ0) is 13.7. The molecule has 0 radical (unpaired) electrons. The summed E-state index contributed by atoms with van der Waals surface area (Å²) in [4.78, 5) is 11.5. The molecule has 0 saturated carbocycles. The molecule has 1 aromatic carbocycles. The summed E-state index contributed by atoms with van der Waals surface area (Å²) >= 11 is 4.80. The second-order valence-electron chi connectivity index (χ2n) is 4.43. The minimum absolute atomic E-state index is 0.162. The number of thiocarbonyl (C=S) groups is 1. The normalized spacial score (nSPS) is 18.1. The summed E-state index contributed by atoms with van der Waals surface area (Å²) in [6.07, 6.45) is 2.17. The summed E-state index contributed by atoms with van der Waals surface area (Å²) in [6, 6.07) is 7.71. The van der Waals surface area contributed by atoms with Crippen molar-refractivity contribution in [2.75, 3.05) is 6.61 Å². The van der Waals surface area contributed by atoms with Crippen LogP contribution in [0, 0.1) is 0 Å². The van der Waals surface area contributed by atoms with Crippen LogP contribution in [-0.4, -0.2) is 23.8 Å². The lowest BCUT2D eigenvalue weighted by Crippen LogP contribution is -2.25. The van der Waals surface area contributed by atoms with E-state index in [0.29, 0.717) is 6.42 Å². The molecular weight excluding hydrogens is 262 g/mol. The van der Waals surface area contributed by atoms with Crippen LogP contribution in [0.5, 0.6) is 5.75 Å². The van der Waals surface area contributed by atoms with Crippen molar-refractivity contribution in [3.05, 3.63) is 29.8 Å². The van der Waals surface area contributed by atoms with E-state index in [-0.39, 0.29) is 11.1 Å². The molecule has 0 spiro atoms. The van der Waals surface area contributed by atoms with E-state index in [2.05, 4.69) is 12.2 Å². The van der Waals surface area contributed by atoms with Crippen LogP contribution in [0.25, 0.3) is 0 Å². The number of carbonyl (C=O) groups is 1. The molecule has 1 amide bonds. The maximum absolute atomic E-state index is 11.5. The van der Waals surface area contributed by atoms with E-state index in [1.807, 2.05) is 24.3 Å². The molecule has 1 unspecified atom stereocenters. The molecule has 1 aliphatic rings. The van der Waals surface area contributed by atoms with Crippen molar-refractivity contribution >= 4 is 23.3 Å². The number of benzene rings is 1. The summed E-state index contributed by atoms with van der Waals surface area (Å²) in [5, 5.41) is 2.64. The van der Waals surface area contributed by atoms with Crippen LogP contribution in [0.15, 0.2) is 24.3 Å². The standard InChI is InChI=1S/C14H17NO3S/c1-2-3-8-17-11-6-4-10(5-7-11)9-12-13(16)15-14(19)18-12/h4-7,12H,2-3,8-9H2,1H3,(H,15,16,19). The summed E-state index contributed by atoms with van der Waals surface area (Å²) < 4.78 is 10.8. The van der Waals surface area contributed by atoms with Gasteiger partial charge in [-0.25, -0.2) is 0 Å². The Morgan fingerprint density at radius 1 is 1.37 bits per heavy atom. The number of hydrogen-bond donors (Lipinski definition) is 1. The third-order valence-electron chi connectivity index (χ3n) is 2.88. The Hall–Kier alpha value is -1.62. The minimum Gasteiger partial charge on any atom is -0.494 e. The highest BCUT2D eigenvalue weighted by atomic mass is 32.1. The van der Waals surface area contributed by atoms with Crippen molar-refractivity contribution in [3.63, 3.8) is 0 Å². The molecule has 5 heteroatoms. The highest BCUT2D eigenvalue weighted by Gasteiger charge is 2.29. The summed E-state index contributed by atoms with van der Waals surface area (Å²) in [7, 11) is 0. The molecule has 4 nitrogen and oxygen atoms in total. The van der Waals surface area contributed by atoms with Crippen LogP contribution >= 0.6 is 12.2 Å². The number of hydrogen-bond acceptors (Lipinski definition) is 4. The molecule has 0 aromatic heterocycles. The minimum atomic E-state index is -0.514. The molecule has 1 atom stereocenters. The highest BCUT2D eigenvalue weighted by Crippen LogP contribution is 2.16. The van der Waals surface area contributed by atoms with Gasteiger partial charge in [-0.1, -0.05) is 25.5 Å². The summed E-state index contributed by atoms with van der Waals surface area (Å²) in [6.45, 7) is 2.86. The molecule has 1 heterocycles. The molecular formula is C14H17NO3S. The molecule has 2 rings (SSSR count). The van der Waals surface area contributed by atoms with Gasteiger partial charge < -0.3 is 9.47 Å². The van der Waals surface area contributed by atoms with E-state index in [0.717, 1.165) is 30.8 Å². The number of rotatable bonds is 6. The molecule has 19 heavy (non-hydrogen) atoms. The molecule has 1 aliphatic heterocycles. The van der Waals surface area contributed by atoms with Gasteiger partial charge in [0.05, 0.1) is 6.61 Å². The fraction of sp³-hybridized carbons (Fsp3) is 0.429. The average Bonchev–Trinajstić information content (AvgIpc) is 2.70. The number of amides is 1. The number of carbonyl (C=O) groups excluding carboxylic acids is 1. The molecule has 1 N–H and O–H groups in total. The monoisotopic (exact) mass is 279 g/mol. The second kappa shape index (κ2) is 6.52. The lowest BCUT2D eigenvalue weighted by atomic mass is 10.1. The maximum atomic E-state index is 11.5. The molecule has 0 aliphatic carbocycles. The molecule has 1 saturated heterocycles. The van der Waals surface area contributed by atoms with Gasteiger partial charge in [-0.15, -0.1) is 0 Å². The van der Waals surface area contributed by atoms with Crippen molar-refractivity contribution < 1.29 is 14.3 Å². The predicted octanol–water partition coefficient (Wildman–Crippen LogP) is 2.21. The fourth-order valence-corrected chi connectivity index (χ4v) is 2.01. The number of ether oxygens (including phenoxy) is 2. The van der Waals surface area contributed by atoms with E-state index in [1.165, 1.54) is 0 Å². The quantitative estimate of drug-likeness (QED) is 0.640. The van der Waals surface area contributed by atoms with Crippen molar-refractivity contribution in [3.8, 4) is 5.75 Å². The Bertz CT molecular complexity index is 458. The molecule has 1 aromatic rings. The fourth-order valence-electron chi connectivity index (χ4n) is 1.80. The first-order valence-corrected chi connectivity index (χ1v) is 6.83. The van der Waals surface area contributed by atoms with Gasteiger partial charge in [0, 0.05) is 6.42 Å². The van der Waals surface area contributed by atoms with Crippen LogP contribution in [0.3, 0.4) is 0 Å². The summed E-state index contributed by atoms with van der Waals surface area (Å²) in [5.41, 5.74) is 1.02. The lowest BCUT2D eigenvalue weighted by molar-refractivity contribution is -0.123. The molecule has 0 bridgehead atoms. The Labute approximate surface area is 118 Å². The van der Waals surface area contributed by atoms with E-state index in [1.54, 1.807) is 0 Å². The zero-order valence-electron chi connectivity index (χ0n) is 10.8. The first-order chi connectivity index (χ1) is 9.19. The lowest BCUT2D eigenvalue weighted by Gasteiger charge is -2.09. The van der Waals surface area contributed by atoms with Gasteiger partial charge in [0.1, 0.15) is 5.75 Å². The van der Waals surface area contributed by atoms with Crippen molar-refractivity contribution in [2.24, 2.45) is 0 Å². The largest absolute Gasteiger partial charge is 0.494 e.